The van der Waals surface area contributed by atoms with Gasteiger partial charge in [0.15, 0.2) is 10.3 Å². The van der Waals surface area contributed by atoms with Gasteiger partial charge in [0.2, 0.25) is 0 Å². The third-order valence-electron chi connectivity index (χ3n) is 4.40. The van der Waals surface area contributed by atoms with Crippen LogP contribution in [0.4, 0.5) is 0 Å². The fraction of sp³-hybridized carbons (Fsp3) is 0.562. The minimum absolute atomic E-state index is 0.0294. The summed E-state index contributed by atoms with van der Waals surface area (Å²) >= 11 is 8.60. The lowest BCUT2D eigenvalue weighted by molar-refractivity contribution is 0.466. The van der Waals surface area contributed by atoms with E-state index in [1.165, 1.54) is 33.3 Å². The molecule has 8 heteroatoms. The van der Waals surface area contributed by atoms with Crippen molar-refractivity contribution in [1.82, 2.24) is 14.6 Å². The number of nitrogens with zero attached hydrogens (tertiary/aromatic N) is 3. The van der Waals surface area contributed by atoms with Crippen molar-refractivity contribution in [1.29, 1.82) is 0 Å². The van der Waals surface area contributed by atoms with E-state index in [0.29, 0.717) is 10.3 Å². The number of aryl methyl sites for hydroxylation is 2. The maximum atomic E-state index is 13.2. The number of hydrogen-bond acceptors (Lipinski definition) is 5. The Kier molecular flexibility index (Phi) is 5.46. The molecule has 2 aromatic heterocycles. The van der Waals surface area contributed by atoms with E-state index in [9.17, 15) is 4.79 Å². The van der Waals surface area contributed by atoms with Gasteiger partial charge in [-0.25, -0.2) is 4.98 Å². The highest BCUT2D eigenvalue weighted by Crippen LogP contribution is 2.34. The van der Waals surface area contributed by atoms with Gasteiger partial charge in [0.25, 0.3) is 5.56 Å². The van der Waals surface area contributed by atoms with Gasteiger partial charge in [0.1, 0.15) is 4.83 Å². The predicted molar refractivity (Wildman–Crippen MR) is 107 cm³/mol. The first-order valence-corrected chi connectivity index (χ1v) is 10.7. The fourth-order valence-corrected chi connectivity index (χ4v) is 5.25. The number of rotatable bonds is 4. The van der Waals surface area contributed by atoms with E-state index in [4.69, 9.17) is 17.2 Å². The average Bonchev–Trinajstić information content (AvgIpc) is 2.96. The second-order valence-electron chi connectivity index (χ2n) is 5.72. The van der Waals surface area contributed by atoms with E-state index in [1.807, 2.05) is 25.0 Å². The lowest BCUT2D eigenvalue weighted by Crippen LogP contribution is -2.42. The van der Waals surface area contributed by atoms with Crippen molar-refractivity contribution < 1.29 is 0 Å². The van der Waals surface area contributed by atoms with E-state index in [1.54, 1.807) is 11.3 Å². The van der Waals surface area contributed by atoms with Gasteiger partial charge in [0.05, 0.1) is 5.39 Å². The third-order valence-corrected chi connectivity index (χ3v) is 6.57. The molecular weight excluding hydrogens is 360 g/mol. The third kappa shape index (κ3) is 3.07. The molecule has 5 nitrogen and oxygen atoms in total. The van der Waals surface area contributed by atoms with Crippen molar-refractivity contribution in [3.05, 3.63) is 20.8 Å². The first-order chi connectivity index (χ1) is 11.6. The van der Waals surface area contributed by atoms with Crippen LogP contribution in [0.3, 0.4) is 0 Å². The van der Waals surface area contributed by atoms with Crippen LogP contribution in [0.25, 0.3) is 10.2 Å². The van der Waals surface area contributed by atoms with Gasteiger partial charge >= 0.3 is 0 Å². The SMILES string of the molecule is CCN(CC)C(=S)Nn1c(SC)nc2sc3c(c2c1=O)CCCC3. The summed E-state index contributed by atoms with van der Waals surface area (Å²) in [6.07, 6.45) is 6.32. The zero-order chi connectivity index (χ0) is 17.3. The molecule has 0 atom stereocenters. The number of fused-ring (bicyclic) bond motifs is 3. The zero-order valence-corrected chi connectivity index (χ0v) is 16.7. The standard InChI is InChI=1S/C16H22N4OS3/c1-4-19(5-2)15(22)18-20-14(21)12-10-8-6-7-9-11(10)24-13(12)17-16(20)23-3/h4-9H2,1-3H3,(H,18,22). The Morgan fingerprint density at radius 1 is 1.38 bits per heavy atom. The van der Waals surface area contributed by atoms with Crippen molar-refractivity contribution in [3.63, 3.8) is 0 Å². The summed E-state index contributed by atoms with van der Waals surface area (Å²) in [5, 5.41) is 1.99. The highest BCUT2D eigenvalue weighted by Gasteiger charge is 2.22. The molecule has 0 saturated heterocycles. The van der Waals surface area contributed by atoms with E-state index in [0.717, 1.165) is 42.6 Å². The summed E-state index contributed by atoms with van der Waals surface area (Å²) in [5.74, 6) is 0. The monoisotopic (exact) mass is 382 g/mol. The molecule has 0 fully saturated rings. The molecule has 130 valence electrons. The van der Waals surface area contributed by atoms with Crippen LogP contribution in [0.15, 0.2) is 9.95 Å². The Labute approximate surface area is 155 Å². The number of thiocarbonyl (C=S) groups is 1. The van der Waals surface area contributed by atoms with Crippen LogP contribution >= 0.6 is 35.3 Å². The lowest BCUT2D eigenvalue weighted by Gasteiger charge is -2.23. The Morgan fingerprint density at radius 2 is 2.08 bits per heavy atom. The van der Waals surface area contributed by atoms with Crippen LogP contribution in [-0.2, 0) is 12.8 Å². The second kappa shape index (κ2) is 7.41. The molecule has 1 aliphatic carbocycles. The summed E-state index contributed by atoms with van der Waals surface area (Å²) < 4.78 is 1.52. The molecule has 0 saturated carbocycles. The van der Waals surface area contributed by atoms with Gasteiger partial charge < -0.3 is 4.90 Å². The molecule has 24 heavy (non-hydrogen) atoms. The zero-order valence-electron chi connectivity index (χ0n) is 14.2. The van der Waals surface area contributed by atoms with Gasteiger partial charge in [-0.15, -0.1) is 11.3 Å². The molecule has 0 unspecified atom stereocenters. The highest BCUT2D eigenvalue weighted by atomic mass is 32.2. The molecule has 0 aromatic carbocycles. The number of thioether (sulfide) groups is 1. The minimum atomic E-state index is -0.0294. The van der Waals surface area contributed by atoms with Gasteiger partial charge in [0, 0.05) is 18.0 Å². The smallest absolute Gasteiger partial charge is 0.282 e. The van der Waals surface area contributed by atoms with E-state index < -0.39 is 0 Å². The quantitative estimate of drug-likeness (QED) is 0.498. The first-order valence-electron chi connectivity index (χ1n) is 8.27. The Bertz CT molecular complexity index is 823. The van der Waals surface area contributed by atoms with Crippen LogP contribution < -0.4 is 11.0 Å². The Hall–Kier alpha value is -1.12. The topological polar surface area (TPSA) is 50.2 Å². The van der Waals surface area contributed by atoms with Crippen molar-refractivity contribution >= 4 is 50.6 Å². The number of thiophene rings is 1. The summed E-state index contributed by atoms with van der Waals surface area (Å²) in [6.45, 7) is 5.70. The normalized spacial score (nSPS) is 13.8. The van der Waals surface area contributed by atoms with Crippen molar-refractivity contribution in [2.75, 3.05) is 24.8 Å². The van der Waals surface area contributed by atoms with Gasteiger partial charge in [-0.1, -0.05) is 11.8 Å². The summed E-state index contributed by atoms with van der Waals surface area (Å²) in [7, 11) is 0. The first kappa shape index (κ1) is 17.7. The maximum absolute atomic E-state index is 13.2. The molecule has 1 N–H and O–H groups in total. The molecule has 0 bridgehead atoms. The van der Waals surface area contributed by atoms with Crippen LogP contribution in [-0.4, -0.2) is 39.0 Å². The molecule has 0 amide bonds. The van der Waals surface area contributed by atoms with Gasteiger partial charge in [-0.05, 0) is 63.6 Å². The largest absolute Gasteiger partial charge is 0.348 e. The Balaban J connectivity index is 2.11. The van der Waals surface area contributed by atoms with Gasteiger partial charge in [-0.3, -0.25) is 10.2 Å². The van der Waals surface area contributed by atoms with Gasteiger partial charge in [-0.2, -0.15) is 4.68 Å². The minimum Gasteiger partial charge on any atom is -0.348 e. The summed E-state index contributed by atoms with van der Waals surface area (Å²) in [4.78, 5) is 22.1. The summed E-state index contributed by atoms with van der Waals surface area (Å²) in [6, 6.07) is 0. The molecular formula is C16H22N4OS3. The summed E-state index contributed by atoms with van der Waals surface area (Å²) in [5.41, 5.74) is 4.28. The van der Waals surface area contributed by atoms with Crippen molar-refractivity contribution in [2.24, 2.45) is 0 Å². The maximum Gasteiger partial charge on any atom is 0.282 e. The van der Waals surface area contributed by atoms with E-state index in [2.05, 4.69) is 5.43 Å². The fourth-order valence-electron chi connectivity index (χ4n) is 3.10. The number of nitrogens with one attached hydrogen (secondary N) is 1. The molecule has 0 aliphatic heterocycles. The second-order valence-corrected chi connectivity index (χ2v) is 7.96. The van der Waals surface area contributed by atoms with E-state index in [-0.39, 0.29) is 5.56 Å². The predicted octanol–water partition coefficient (Wildman–Crippen LogP) is 3.23. The highest BCUT2D eigenvalue weighted by molar-refractivity contribution is 7.98. The molecule has 2 heterocycles. The molecule has 0 spiro atoms. The van der Waals surface area contributed by atoms with Crippen molar-refractivity contribution in [2.45, 2.75) is 44.7 Å². The molecule has 0 radical (unpaired) electrons. The van der Waals surface area contributed by atoms with E-state index >= 15 is 0 Å². The average molecular weight is 383 g/mol. The lowest BCUT2D eigenvalue weighted by atomic mass is 9.97. The molecule has 2 aromatic rings. The molecule has 3 rings (SSSR count). The number of hydrogen-bond donors (Lipinski definition) is 1. The van der Waals surface area contributed by atoms with Crippen LogP contribution in [0.1, 0.15) is 37.1 Å². The van der Waals surface area contributed by atoms with Crippen LogP contribution in [0.5, 0.6) is 0 Å². The molecule has 1 aliphatic rings. The number of aromatic nitrogens is 2. The van der Waals surface area contributed by atoms with Crippen LogP contribution in [0.2, 0.25) is 0 Å². The van der Waals surface area contributed by atoms with Crippen molar-refractivity contribution in [3.8, 4) is 0 Å². The van der Waals surface area contributed by atoms with Crippen LogP contribution in [0, 0.1) is 0 Å². The Morgan fingerprint density at radius 3 is 2.75 bits per heavy atom.